The van der Waals surface area contributed by atoms with Crippen LogP contribution in [-0.2, 0) is 14.8 Å². The number of carboxylic acids is 1. The van der Waals surface area contributed by atoms with Gasteiger partial charge < -0.3 is 5.11 Å². The molecule has 2 atom stereocenters. The predicted molar refractivity (Wildman–Crippen MR) is 56.0 cm³/mol. The number of hydrogen-bond donors (Lipinski definition) is 2. The highest BCUT2D eigenvalue weighted by atomic mass is 32.2. The minimum Gasteiger partial charge on any atom is -0.481 e. The molecule has 0 radical (unpaired) electrons. The van der Waals surface area contributed by atoms with Gasteiger partial charge in [-0.25, -0.2) is 13.1 Å². The van der Waals surface area contributed by atoms with Gasteiger partial charge in [0.2, 0.25) is 10.0 Å². The van der Waals surface area contributed by atoms with Crippen LogP contribution < -0.4 is 4.72 Å². The van der Waals surface area contributed by atoms with Crippen LogP contribution in [0.5, 0.6) is 0 Å². The predicted octanol–water partition coefficient (Wildman–Crippen LogP) is 0.569. The first kappa shape index (κ1) is 12.4. The molecule has 88 valence electrons. The number of nitrogens with one attached hydrogen (secondary N) is 1. The zero-order valence-corrected chi connectivity index (χ0v) is 9.59. The molecule has 2 unspecified atom stereocenters. The van der Waals surface area contributed by atoms with E-state index in [1.54, 1.807) is 0 Å². The molecule has 0 amide bonds. The Kier molecular flexibility index (Phi) is 4.10. The molecule has 1 fully saturated rings. The molecule has 1 saturated carbocycles. The van der Waals surface area contributed by atoms with E-state index in [0.29, 0.717) is 5.92 Å². The molecule has 6 heteroatoms. The standard InChI is InChI=1S/C9H17NO4S/c1-2-7-6-8(7)10-15(13,14)5-3-4-9(11)12/h7-8,10H,2-6H2,1H3,(H,11,12). The Hall–Kier alpha value is -0.620. The van der Waals surface area contributed by atoms with E-state index in [1.165, 1.54) is 0 Å². The molecule has 1 aliphatic rings. The fraction of sp³-hybridized carbons (Fsp3) is 0.889. The molecule has 0 saturated heterocycles. The lowest BCUT2D eigenvalue weighted by atomic mass is 10.3. The number of carboxylic acid groups (broad SMARTS) is 1. The van der Waals surface area contributed by atoms with E-state index in [2.05, 4.69) is 4.72 Å². The van der Waals surface area contributed by atoms with E-state index in [0.717, 1.165) is 12.8 Å². The molecule has 0 aromatic rings. The van der Waals surface area contributed by atoms with Crippen LogP contribution in [0.15, 0.2) is 0 Å². The van der Waals surface area contributed by atoms with Crippen molar-refractivity contribution in [3.63, 3.8) is 0 Å². The quantitative estimate of drug-likeness (QED) is 0.675. The lowest BCUT2D eigenvalue weighted by Gasteiger charge is -2.04. The van der Waals surface area contributed by atoms with Crippen molar-refractivity contribution in [1.29, 1.82) is 0 Å². The van der Waals surface area contributed by atoms with Crippen molar-refractivity contribution in [2.75, 3.05) is 5.75 Å². The van der Waals surface area contributed by atoms with Gasteiger partial charge in [-0.2, -0.15) is 0 Å². The van der Waals surface area contributed by atoms with Crippen LogP contribution in [0.3, 0.4) is 0 Å². The average molecular weight is 235 g/mol. The van der Waals surface area contributed by atoms with Gasteiger partial charge in [-0.1, -0.05) is 13.3 Å². The summed E-state index contributed by atoms with van der Waals surface area (Å²) in [7, 11) is -3.27. The molecule has 0 bridgehead atoms. The lowest BCUT2D eigenvalue weighted by molar-refractivity contribution is -0.137. The Labute approximate surface area is 89.9 Å². The van der Waals surface area contributed by atoms with Crippen molar-refractivity contribution < 1.29 is 18.3 Å². The second-order valence-electron chi connectivity index (χ2n) is 3.94. The third-order valence-corrected chi connectivity index (χ3v) is 4.07. The molecule has 1 aliphatic carbocycles. The van der Waals surface area contributed by atoms with Gasteiger partial charge in [0.25, 0.3) is 0 Å². The molecule has 0 aromatic carbocycles. The Morgan fingerprint density at radius 2 is 2.20 bits per heavy atom. The lowest BCUT2D eigenvalue weighted by Crippen LogP contribution is -2.29. The third-order valence-electron chi connectivity index (χ3n) is 2.58. The molecular weight excluding hydrogens is 218 g/mol. The number of hydrogen-bond acceptors (Lipinski definition) is 3. The molecule has 2 N–H and O–H groups in total. The highest BCUT2D eigenvalue weighted by molar-refractivity contribution is 7.89. The van der Waals surface area contributed by atoms with Crippen molar-refractivity contribution in [3.8, 4) is 0 Å². The van der Waals surface area contributed by atoms with Crippen LogP contribution in [0.2, 0.25) is 0 Å². The summed E-state index contributed by atoms with van der Waals surface area (Å²) in [5.74, 6) is -0.575. The summed E-state index contributed by atoms with van der Waals surface area (Å²) in [5.41, 5.74) is 0. The van der Waals surface area contributed by atoms with Crippen LogP contribution in [0, 0.1) is 5.92 Å². The van der Waals surface area contributed by atoms with E-state index >= 15 is 0 Å². The first-order valence-electron chi connectivity index (χ1n) is 5.16. The summed E-state index contributed by atoms with van der Waals surface area (Å²) in [5, 5.41) is 8.37. The number of aliphatic carboxylic acids is 1. The monoisotopic (exact) mass is 235 g/mol. The van der Waals surface area contributed by atoms with E-state index in [-0.39, 0.29) is 24.6 Å². The zero-order valence-electron chi connectivity index (χ0n) is 8.77. The molecule has 0 aliphatic heterocycles. The highest BCUT2D eigenvalue weighted by Gasteiger charge is 2.37. The maximum absolute atomic E-state index is 11.4. The number of rotatable bonds is 7. The van der Waals surface area contributed by atoms with Crippen molar-refractivity contribution in [2.45, 2.75) is 38.6 Å². The van der Waals surface area contributed by atoms with Crippen molar-refractivity contribution in [1.82, 2.24) is 4.72 Å². The van der Waals surface area contributed by atoms with E-state index in [4.69, 9.17) is 5.11 Å². The van der Waals surface area contributed by atoms with Gasteiger partial charge in [0.05, 0.1) is 5.75 Å². The topological polar surface area (TPSA) is 83.5 Å². The summed E-state index contributed by atoms with van der Waals surface area (Å²) in [6, 6.07) is 0.0878. The van der Waals surface area contributed by atoms with Crippen molar-refractivity contribution >= 4 is 16.0 Å². The molecule has 15 heavy (non-hydrogen) atoms. The average Bonchev–Trinajstić information content (AvgIpc) is 2.81. The van der Waals surface area contributed by atoms with Gasteiger partial charge in [0.15, 0.2) is 0 Å². The second kappa shape index (κ2) is 4.94. The maximum Gasteiger partial charge on any atom is 0.303 e. The van der Waals surface area contributed by atoms with E-state index in [9.17, 15) is 13.2 Å². The maximum atomic E-state index is 11.4. The van der Waals surface area contributed by atoms with E-state index in [1.807, 2.05) is 6.92 Å². The molecule has 0 spiro atoms. The first-order valence-corrected chi connectivity index (χ1v) is 6.81. The molecule has 5 nitrogen and oxygen atoms in total. The minimum absolute atomic E-state index is 0.0878. The normalized spacial score (nSPS) is 25.1. The summed E-state index contributed by atoms with van der Waals surface area (Å²) in [6.45, 7) is 2.03. The summed E-state index contributed by atoms with van der Waals surface area (Å²) in [4.78, 5) is 10.2. The zero-order chi connectivity index (χ0) is 11.5. The van der Waals surface area contributed by atoms with Crippen LogP contribution in [0.25, 0.3) is 0 Å². The van der Waals surface area contributed by atoms with Gasteiger partial charge >= 0.3 is 5.97 Å². The summed E-state index contributed by atoms with van der Waals surface area (Å²) in [6.07, 6.45) is 1.98. The third kappa shape index (κ3) is 4.61. The van der Waals surface area contributed by atoms with Crippen molar-refractivity contribution in [2.24, 2.45) is 5.92 Å². The smallest absolute Gasteiger partial charge is 0.303 e. The van der Waals surface area contributed by atoms with Gasteiger partial charge in [0, 0.05) is 12.5 Å². The minimum atomic E-state index is -3.27. The number of carbonyl (C=O) groups is 1. The first-order chi connectivity index (χ1) is 6.94. The Morgan fingerprint density at radius 1 is 1.53 bits per heavy atom. The summed E-state index contributed by atoms with van der Waals surface area (Å²) < 4.78 is 25.4. The molecular formula is C9H17NO4S. The SMILES string of the molecule is CCC1CC1NS(=O)(=O)CCCC(=O)O. The Bertz CT molecular complexity index is 325. The van der Waals surface area contributed by atoms with Crippen LogP contribution >= 0.6 is 0 Å². The van der Waals surface area contributed by atoms with Gasteiger partial charge in [-0.15, -0.1) is 0 Å². The fourth-order valence-corrected chi connectivity index (χ4v) is 2.94. The largest absolute Gasteiger partial charge is 0.481 e. The Morgan fingerprint density at radius 3 is 2.67 bits per heavy atom. The van der Waals surface area contributed by atoms with Crippen molar-refractivity contribution in [3.05, 3.63) is 0 Å². The van der Waals surface area contributed by atoms with Crippen LogP contribution in [-0.4, -0.2) is 31.3 Å². The summed E-state index contributed by atoms with van der Waals surface area (Å²) >= 11 is 0. The fourth-order valence-electron chi connectivity index (χ4n) is 1.55. The van der Waals surface area contributed by atoms with Crippen LogP contribution in [0.1, 0.15) is 32.6 Å². The van der Waals surface area contributed by atoms with Gasteiger partial charge in [0.1, 0.15) is 0 Å². The molecule has 0 heterocycles. The van der Waals surface area contributed by atoms with E-state index < -0.39 is 16.0 Å². The van der Waals surface area contributed by atoms with Crippen LogP contribution in [0.4, 0.5) is 0 Å². The van der Waals surface area contributed by atoms with Gasteiger partial charge in [-0.05, 0) is 18.8 Å². The molecule has 0 aromatic heterocycles. The second-order valence-corrected chi connectivity index (χ2v) is 5.82. The highest BCUT2D eigenvalue weighted by Crippen LogP contribution is 2.33. The Balaban J connectivity index is 2.24. The van der Waals surface area contributed by atoms with Gasteiger partial charge in [-0.3, -0.25) is 4.79 Å². The molecule has 1 rings (SSSR count). The number of sulfonamides is 1.